The molecule has 0 saturated heterocycles. The lowest BCUT2D eigenvalue weighted by Crippen LogP contribution is -2.42. The first-order valence-electron chi connectivity index (χ1n) is 4.04. The molecule has 0 rings (SSSR count). The van der Waals surface area contributed by atoms with Gasteiger partial charge in [-0.1, -0.05) is 20.8 Å². The molecule has 0 aliphatic heterocycles. The number of primary amides is 1. The molecule has 0 spiro atoms. The molecule has 3 N–H and O–H groups in total. The van der Waals surface area contributed by atoms with Crippen molar-refractivity contribution in [2.75, 3.05) is 5.75 Å². The minimum atomic E-state index is -0.887. The fraction of sp³-hybridized carbons (Fsp3) is 0.875. The second-order valence-corrected chi connectivity index (χ2v) is 4.33. The third kappa shape index (κ3) is 4.38. The van der Waals surface area contributed by atoms with Gasteiger partial charge >= 0.3 is 6.09 Å². The number of hydrogen-bond donors (Lipinski definition) is 3. The van der Waals surface area contributed by atoms with Crippen LogP contribution in [0, 0.1) is 5.41 Å². The van der Waals surface area contributed by atoms with Crippen molar-refractivity contribution < 1.29 is 14.6 Å². The Balaban J connectivity index is 4.31. The van der Waals surface area contributed by atoms with E-state index >= 15 is 0 Å². The summed E-state index contributed by atoms with van der Waals surface area (Å²) in [7, 11) is 0. The summed E-state index contributed by atoms with van der Waals surface area (Å²) in [6.45, 7) is 5.54. The highest BCUT2D eigenvalue weighted by Gasteiger charge is 2.31. The van der Waals surface area contributed by atoms with E-state index in [4.69, 9.17) is 10.5 Å². The van der Waals surface area contributed by atoms with Crippen LogP contribution in [0.15, 0.2) is 0 Å². The monoisotopic (exact) mass is 207 g/mol. The van der Waals surface area contributed by atoms with Crippen molar-refractivity contribution in [1.29, 1.82) is 0 Å². The number of amides is 1. The van der Waals surface area contributed by atoms with Crippen molar-refractivity contribution in [2.45, 2.75) is 33.0 Å². The Hall–Kier alpha value is -0.420. The van der Waals surface area contributed by atoms with Gasteiger partial charge in [0.05, 0.1) is 6.10 Å². The van der Waals surface area contributed by atoms with Gasteiger partial charge in [0, 0.05) is 5.75 Å². The average molecular weight is 207 g/mol. The molecule has 2 atom stereocenters. The van der Waals surface area contributed by atoms with E-state index in [1.807, 2.05) is 20.8 Å². The quantitative estimate of drug-likeness (QED) is 0.599. The fourth-order valence-corrected chi connectivity index (χ4v) is 1.18. The van der Waals surface area contributed by atoms with Crippen LogP contribution in [0.4, 0.5) is 4.79 Å². The normalized spacial score (nSPS) is 16.4. The molecular formula is C8H17NO3S. The number of aliphatic hydroxyl groups is 1. The molecule has 0 aromatic carbocycles. The lowest BCUT2D eigenvalue weighted by molar-refractivity contribution is -0.0381. The number of nitrogens with two attached hydrogens (primary N) is 1. The minimum Gasteiger partial charge on any atom is -0.443 e. The maximum Gasteiger partial charge on any atom is 0.404 e. The van der Waals surface area contributed by atoms with Gasteiger partial charge in [-0.15, -0.1) is 0 Å². The Morgan fingerprint density at radius 3 is 2.31 bits per heavy atom. The molecule has 0 heterocycles. The summed E-state index contributed by atoms with van der Waals surface area (Å²) in [6, 6.07) is 0. The SMILES string of the molecule is CC(C)(C)C(O)[C@@H](CS)OC(N)=O. The molecule has 78 valence electrons. The van der Waals surface area contributed by atoms with Gasteiger partial charge in [0.25, 0.3) is 0 Å². The van der Waals surface area contributed by atoms with Crippen LogP contribution < -0.4 is 5.73 Å². The Morgan fingerprint density at radius 1 is 1.62 bits per heavy atom. The highest BCUT2D eigenvalue weighted by molar-refractivity contribution is 7.80. The van der Waals surface area contributed by atoms with Crippen molar-refractivity contribution in [3.8, 4) is 0 Å². The van der Waals surface area contributed by atoms with Crippen LogP contribution in [0.1, 0.15) is 20.8 Å². The van der Waals surface area contributed by atoms with Gasteiger partial charge in [-0.05, 0) is 5.41 Å². The maximum absolute atomic E-state index is 10.5. The molecule has 4 nitrogen and oxygen atoms in total. The van der Waals surface area contributed by atoms with Gasteiger partial charge in [-0.3, -0.25) is 0 Å². The van der Waals surface area contributed by atoms with Crippen molar-refractivity contribution in [3.05, 3.63) is 0 Å². The molecule has 1 amide bonds. The predicted octanol–water partition coefficient (Wildman–Crippen LogP) is 0.787. The molecule has 0 radical (unpaired) electrons. The topological polar surface area (TPSA) is 72.6 Å². The zero-order valence-electron chi connectivity index (χ0n) is 8.15. The standard InChI is InChI=1S/C8H17NO3S/c1-8(2,3)6(10)5(4-13)12-7(9)11/h5-6,10,13H,4H2,1-3H3,(H2,9,11)/t5-,6?/m1/s1. The molecule has 0 aliphatic carbocycles. The molecule has 0 aromatic heterocycles. The lowest BCUT2D eigenvalue weighted by atomic mass is 9.86. The van der Waals surface area contributed by atoms with Crippen molar-refractivity contribution in [2.24, 2.45) is 11.1 Å². The summed E-state index contributed by atoms with van der Waals surface area (Å²) < 4.78 is 4.70. The van der Waals surface area contributed by atoms with Crippen molar-refractivity contribution in [1.82, 2.24) is 0 Å². The Bertz CT molecular complexity index is 179. The third-order valence-electron chi connectivity index (χ3n) is 1.69. The largest absolute Gasteiger partial charge is 0.443 e. The van der Waals surface area contributed by atoms with Gasteiger partial charge < -0.3 is 15.6 Å². The number of hydrogen-bond acceptors (Lipinski definition) is 4. The van der Waals surface area contributed by atoms with E-state index in [0.717, 1.165) is 0 Å². The number of rotatable bonds is 3. The Kier molecular flexibility index (Phi) is 4.56. The average Bonchev–Trinajstić information content (AvgIpc) is 1.96. The van der Waals surface area contributed by atoms with Gasteiger partial charge in [0.15, 0.2) is 0 Å². The summed E-state index contributed by atoms with van der Waals surface area (Å²) in [5, 5.41) is 9.71. The summed E-state index contributed by atoms with van der Waals surface area (Å²) in [4.78, 5) is 10.5. The number of thiol groups is 1. The van der Waals surface area contributed by atoms with E-state index in [0.29, 0.717) is 0 Å². The molecule has 1 unspecified atom stereocenters. The lowest BCUT2D eigenvalue weighted by Gasteiger charge is -2.31. The van der Waals surface area contributed by atoms with Crippen LogP contribution in [0.2, 0.25) is 0 Å². The molecule has 0 aromatic rings. The second kappa shape index (κ2) is 4.72. The van der Waals surface area contributed by atoms with E-state index in [9.17, 15) is 9.90 Å². The molecule has 0 bridgehead atoms. The second-order valence-electron chi connectivity index (χ2n) is 3.97. The van der Waals surface area contributed by atoms with Crippen LogP contribution in [0.5, 0.6) is 0 Å². The first-order valence-corrected chi connectivity index (χ1v) is 4.67. The molecule has 0 aliphatic rings. The Labute approximate surface area is 83.9 Å². The van der Waals surface area contributed by atoms with Crippen LogP contribution in [0.3, 0.4) is 0 Å². The fourth-order valence-electron chi connectivity index (χ4n) is 0.908. The van der Waals surface area contributed by atoms with Crippen LogP contribution in [-0.4, -0.2) is 29.2 Å². The number of carbonyl (C=O) groups excluding carboxylic acids is 1. The summed E-state index contributed by atoms with van der Waals surface area (Å²) in [5.74, 6) is 0.251. The van der Waals surface area contributed by atoms with E-state index in [1.165, 1.54) is 0 Å². The van der Waals surface area contributed by atoms with Gasteiger partial charge in [0.1, 0.15) is 6.10 Å². The first-order chi connectivity index (χ1) is 5.79. The van der Waals surface area contributed by atoms with E-state index in [1.54, 1.807) is 0 Å². The van der Waals surface area contributed by atoms with E-state index in [-0.39, 0.29) is 11.2 Å². The first kappa shape index (κ1) is 12.6. The zero-order chi connectivity index (χ0) is 10.6. The Morgan fingerprint density at radius 2 is 2.08 bits per heavy atom. The number of ether oxygens (including phenoxy) is 1. The highest BCUT2D eigenvalue weighted by atomic mass is 32.1. The molecule has 5 heteroatoms. The van der Waals surface area contributed by atoms with Crippen LogP contribution in [-0.2, 0) is 4.74 Å². The smallest absolute Gasteiger partial charge is 0.404 e. The summed E-state index contributed by atoms with van der Waals surface area (Å²) in [6.07, 6.45) is -2.30. The zero-order valence-corrected chi connectivity index (χ0v) is 9.04. The van der Waals surface area contributed by atoms with Crippen LogP contribution >= 0.6 is 12.6 Å². The minimum absolute atomic E-state index is 0.251. The van der Waals surface area contributed by atoms with E-state index < -0.39 is 18.3 Å². The predicted molar refractivity (Wildman–Crippen MR) is 53.8 cm³/mol. The third-order valence-corrected chi connectivity index (χ3v) is 2.05. The van der Waals surface area contributed by atoms with Crippen molar-refractivity contribution in [3.63, 3.8) is 0 Å². The van der Waals surface area contributed by atoms with Gasteiger partial charge in [0.2, 0.25) is 0 Å². The number of aliphatic hydroxyl groups excluding tert-OH is 1. The summed E-state index contributed by atoms with van der Waals surface area (Å²) >= 11 is 3.97. The van der Waals surface area contributed by atoms with Gasteiger partial charge in [-0.2, -0.15) is 12.6 Å². The molecule has 0 saturated carbocycles. The van der Waals surface area contributed by atoms with Crippen LogP contribution in [0.25, 0.3) is 0 Å². The molecular weight excluding hydrogens is 190 g/mol. The number of carbonyl (C=O) groups is 1. The van der Waals surface area contributed by atoms with Crippen molar-refractivity contribution >= 4 is 18.7 Å². The highest BCUT2D eigenvalue weighted by Crippen LogP contribution is 2.23. The van der Waals surface area contributed by atoms with E-state index in [2.05, 4.69) is 12.6 Å². The maximum atomic E-state index is 10.5. The van der Waals surface area contributed by atoms with Gasteiger partial charge in [-0.25, -0.2) is 4.79 Å². The molecule has 0 fully saturated rings. The summed E-state index contributed by atoms with van der Waals surface area (Å²) in [5.41, 5.74) is 4.49. The molecule has 13 heavy (non-hydrogen) atoms.